The first-order chi connectivity index (χ1) is 9.81. The number of hydrogen-bond donors (Lipinski definition) is 2. The predicted octanol–water partition coefficient (Wildman–Crippen LogP) is 0.879. The molecule has 0 atom stereocenters. The lowest BCUT2D eigenvalue weighted by molar-refractivity contribution is -0.137. The zero-order valence-electron chi connectivity index (χ0n) is 12.7. The van der Waals surface area contributed by atoms with Crippen molar-refractivity contribution in [2.75, 3.05) is 19.6 Å². The summed E-state index contributed by atoms with van der Waals surface area (Å²) in [7, 11) is 0. The van der Waals surface area contributed by atoms with Crippen molar-refractivity contribution >= 4 is 17.9 Å². The van der Waals surface area contributed by atoms with Crippen molar-refractivity contribution in [2.24, 2.45) is 11.7 Å². The van der Waals surface area contributed by atoms with Gasteiger partial charge >= 0.3 is 12.0 Å². The van der Waals surface area contributed by atoms with Gasteiger partial charge in [0, 0.05) is 12.6 Å². The van der Waals surface area contributed by atoms with Gasteiger partial charge in [-0.3, -0.25) is 9.59 Å². The Bertz CT molecular complexity index is 392. The van der Waals surface area contributed by atoms with Gasteiger partial charge in [0.2, 0.25) is 5.91 Å². The quantitative estimate of drug-likeness (QED) is 0.728. The van der Waals surface area contributed by atoms with Crippen LogP contribution in [-0.2, 0) is 9.59 Å². The van der Waals surface area contributed by atoms with E-state index in [2.05, 4.69) is 0 Å². The first-order valence-corrected chi connectivity index (χ1v) is 7.37. The molecule has 0 aromatic carbocycles. The lowest BCUT2D eigenvalue weighted by Gasteiger charge is -2.33. The van der Waals surface area contributed by atoms with Gasteiger partial charge in [-0.2, -0.15) is 0 Å². The summed E-state index contributed by atoms with van der Waals surface area (Å²) in [6.45, 7) is 3.65. The summed E-state index contributed by atoms with van der Waals surface area (Å²) in [5.74, 6) is -1.49. The molecule has 21 heavy (non-hydrogen) atoms. The number of rotatable bonds is 7. The van der Waals surface area contributed by atoms with Crippen LogP contribution in [-0.4, -0.2) is 58.5 Å². The number of urea groups is 1. The summed E-state index contributed by atoms with van der Waals surface area (Å²) in [6.07, 6.45) is 3.69. The Morgan fingerprint density at radius 2 is 1.76 bits per heavy atom. The van der Waals surface area contributed by atoms with Crippen LogP contribution >= 0.6 is 0 Å². The Kier molecular flexibility index (Phi) is 6.45. The minimum absolute atomic E-state index is 0.0199. The molecule has 1 fully saturated rings. The standard InChI is InChI=1S/C14H25N3O4/c1-10(2)7-16(9-13(19)20)14(21)17(8-12(15)18)11-5-3-4-6-11/h10-11H,3-9H2,1-2H3,(H2,15,18)(H,19,20). The lowest BCUT2D eigenvalue weighted by atomic mass is 10.2. The smallest absolute Gasteiger partial charge is 0.323 e. The first-order valence-electron chi connectivity index (χ1n) is 7.37. The molecule has 0 spiro atoms. The zero-order valence-corrected chi connectivity index (χ0v) is 12.7. The fourth-order valence-corrected chi connectivity index (χ4v) is 2.73. The number of amides is 3. The van der Waals surface area contributed by atoms with Gasteiger partial charge in [-0.1, -0.05) is 26.7 Å². The van der Waals surface area contributed by atoms with E-state index in [9.17, 15) is 14.4 Å². The van der Waals surface area contributed by atoms with Gasteiger partial charge in [-0.25, -0.2) is 4.79 Å². The number of hydrogen-bond acceptors (Lipinski definition) is 3. The molecule has 0 aromatic rings. The molecular weight excluding hydrogens is 274 g/mol. The van der Waals surface area contributed by atoms with Crippen LogP contribution in [0.1, 0.15) is 39.5 Å². The van der Waals surface area contributed by atoms with Crippen LogP contribution in [0.3, 0.4) is 0 Å². The Morgan fingerprint density at radius 1 is 1.19 bits per heavy atom. The minimum atomic E-state index is -1.06. The van der Waals surface area contributed by atoms with Crippen molar-refractivity contribution in [1.82, 2.24) is 9.80 Å². The number of carboxylic acid groups (broad SMARTS) is 1. The van der Waals surface area contributed by atoms with Crippen LogP contribution in [0, 0.1) is 5.92 Å². The van der Waals surface area contributed by atoms with E-state index in [0.29, 0.717) is 6.54 Å². The van der Waals surface area contributed by atoms with Gasteiger partial charge in [0.1, 0.15) is 13.1 Å². The maximum atomic E-state index is 12.6. The van der Waals surface area contributed by atoms with Gasteiger partial charge in [-0.05, 0) is 18.8 Å². The highest BCUT2D eigenvalue weighted by Crippen LogP contribution is 2.24. The topological polar surface area (TPSA) is 104 Å². The van der Waals surface area contributed by atoms with Crippen molar-refractivity contribution in [3.8, 4) is 0 Å². The number of primary amides is 1. The van der Waals surface area contributed by atoms with E-state index in [1.54, 1.807) is 0 Å². The van der Waals surface area contributed by atoms with Gasteiger partial charge in [0.25, 0.3) is 0 Å². The summed E-state index contributed by atoms with van der Waals surface area (Å²) >= 11 is 0. The summed E-state index contributed by atoms with van der Waals surface area (Å²) in [5, 5.41) is 8.97. The second-order valence-electron chi connectivity index (χ2n) is 5.98. The van der Waals surface area contributed by atoms with Crippen LogP contribution in [0.25, 0.3) is 0 Å². The molecule has 3 N–H and O–H groups in total. The molecule has 1 saturated carbocycles. The molecular formula is C14H25N3O4. The number of nitrogens with two attached hydrogens (primary N) is 1. The Morgan fingerprint density at radius 3 is 2.19 bits per heavy atom. The maximum Gasteiger partial charge on any atom is 0.323 e. The molecule has 0 saturated heterocycles. The van der Waals surface area contributed by atoms with Crippen LogP contribution in [0.15, 0.2) is 0 Å². The summed E-state index contributed by atoms with van der Waals surface area (Å²) < 4.78 is 0. The van der Waals surface area contributed by atoms with Gasteiger partial charge in [0.05, 0.1) is 0 Å². The molecule has 7 heteroatoms. The molecule has 0 unspecified atom stereocenters. The minimum Gasteiger partial charge on any atom is -0.480 e. The van der Waals surface area contributed by atoms with Crippen LogP contribution in [0.4, 0.5) is 4.79 Å². The molecule has 3 amide bonds. The highest BCUT2D eigenvalue weighted by molar-refractivity contribution is 5.85. The Balaban J connectivity index is 2.86. The van der Waals surface area contributed by atoms with Crippen LogP contribution < -0.4 is 5.73 Å². The molecule has 0 radical (unpaired) electrons. The summed E-state index contributed by atoms with van der Waals surface area (Å²) in [4.78, 5) is 37.5. The van der Waals surface area contributed by atoms with E-state index in [0.717, 1.165) is 25.7 Å². The monoisotopic (exact) mass is 299 g/mol. The summed E-state index contributed by atoms with van der Waals surface area (Å²) in [6, 6.07) is -0.426. The number of carboxylic acids is 1. The molecule has 1 rings (SSSR count). The Hall–Kier alpha value is -1.79. The molecule has 0 bridgehead atoms. The van der Waals surface area contributed by atoms with E-state index in [4.69, 9.17) is 10.8 Å². The average molecular weight is 299 g/mol. The van der Waals surface area contributed by atoms with Crippen molar-refractivity contribution in [1.29, 1.82) is 0 Å². The van der Waals surface area contributed by atoms with E-state index in [1.807, 2.05) is 13.8 Å². The number of carbonyl (C=O) groups is 3. The largest absolute Gasteiger partial charge is 0.480 e. The average Bonchev–Trinajstić information content (AvgIpc) is 2.86. The maximum absolute atomic E-state index is 12.6. The van der Waals surface area contributed by atoms with Crippen molar-refractivity contribution in [3.63, 3.8) is 0 Å². The van der Waals surface area contributed by atoms with Crippen molar-refractivity contribution in [2.45, 2.75) is 45.6 Å². The highest BCUT2D eigenvalue weighted by atomic mass is 16.4. The number of nitrogens with zero attached hydrogens (tertiary/aromatic N) is 2. The molecule has 120 valence electrons. The Labute approximate surface area is 125 Å². The third kappa shape index (κ3) is 5.61. The second-order valence-corrected chi connectivity index (χ2v) is 5.98. The zero-order chi connectivity index (χ0) is 16.0. The fourth-order valence-electron chi connectivity index (χ4n) is 2.73. The molecule has 1 aliphatic carbocycles. The second kappa shape index (κ2) is 7.85. The van der Waals surface area contributed by atoms with E-state index >= 15 is 0 Å². The van der Waals surface area contributed by atoms with Gasteiger partial charge in [-0.15, -0.1) is 0 Å². The van der Waals surface area contributed by atoms with Crippen molar-refractivity contribution in [3.05, 3.63) is 0 Å². The van der Waals surface area contributed by atoms with E-state index in [-0.39, 0.29) is 25.0 Å². The van der Waals surface area contributed by atoms with Crippen LogP contribution in [0.2, 0.25) is 0 Å². The third-order valence-corrected chi connectivity index (χ3v) is 3.52. The fraction of sp³-hybridized carbons (Fsp3) is 0.786. The van der Waals surface area contributed by atoms with E-state index < -0.39 is 17.9 Å². The first kappa shape index (κ1) is 17.3. The highest BCUT2D eigenvalue weighted by Gasteiger charge is 2.31. The van der Waals surface area contributed by atoms with Gasteiger partial charge in [0.15, 0.2) is 0 Å². The molecule has 0 aliphatic heterocycles. The van der Waals surface area contributed by atoms with Crippen LogP contribution in [0.5, 0.6) is 0 Å². The lowest BCUT2D eigenvalue weighted by Crippen LogP contribution is -2.52. The SMILES string of the molecule is CC(C)CN(CC(=O)O)C(=O)N(CC(N)=O)C1CCCC1. The molecule has 1 aliphatic rings. The molecule has 0 heterocycles. The number of carbonyl (C=O) groups excluding carboxylic acids is 2. The number of aliphatic carboxylic acids is 1. The summed E-state index contributed by atoms with van der Waals surface area (Å²) in [5.41, 5.74) is 5.23. The molecule has 7 nitrogen and oxygen atoms in total. The predicted molar refractivity (Wildman–Crippen MR) is 77.6 cm³/mol. The molecule has 0 aromatic heterocycles. The third-order valence-electron chi connectivity index (χ3n) is 3.52. The normalized spacial score (nSPS) is 15.2. The van der Waals surface area contributed by atoms with E-state index in [1.165, 1.54) is 9.80 Å². The van der Waals surface area contributed by atoms with Gasteiger partial charge < -0.3 is 20.6 Å². The van der Waals surface area contributed by atoms with Crippen molar-refractivity contribution < 1.29 is 19.5 Å².